The number of unbranched alkanes of at least 4 members (excludes halogenated alkanes) is 2. The number of carbonyl (C=O) groups is 4. The van der Waals surface area contributed by atoms with Gasteiger partial charge in [-0.2, -0.15) is 26.3 Å². The number of nitrogens with one attached hydrogen (secondary N) is 6. The van der Waals surface area contributed by atoms with Crippen molar-refractivity contribution < 1.29 is 123 Å². The fraction of sp³-hybridized carbons (Fsp3) is 0.770. The van der Waals surface area contributed by atoms with Gasteiger partial charge in [0.1, 0.15) is 48.0 Å². The largest absolute Gasteiger partial charge is 0.433 e. The molecular weight excluding hydrogens is 1350 g/mol. The standard InChI is InChI=1S/C61H97F6N13O20/c1-2-68-50(81)9-6-7-42-35-80(79-78-42)18-5-3-4-8-53(84)73-43(36-95-19-12-51(82)69-16-21-89-23-25-91-27-29-93-31-33-97-40-46-56(87)54(85)44(38-99-46)74-58-71-14-10-48(76-58)60(62,63)64)37-96-20-13-52(83)70-17-22-90-24-26-92-28-30-94-32-34-98-41-47-57(88)55(86)45(39-100-47)75-59-72-15-11-49(77-59)61(65,66)67/h10-11,14-15,35,43-47,54-57,85-88H,2-9,12-13,16-34,36-41H2,1H3,(H,68,81)(H,69,82)(H,70,83)(H,73,84)(H,71,74,76)(H,72,75,77)/t44-,45-,46+,47+,54+,55+,56-,57-/m0/s1. The zero-order chi connectivity index (χ0) is 72.2. The molecule has 5 rings (SSSR count). The Balaban J connectivity index is 0.847. The van der Waals surface area contributed by atoms with E-state index < -0.39 is 78.5 Å². The van der Waals surface area contributed by atoms with Gasteiger partial charge in [0.25, 0.3) is 0 Å². The van der Waals surface area contributed by atoms with Gasteiger partial charge in [-0.3, -0.25) is 23.9 Å². The lowest BCUT2D eigenvalue weighted by Gasteiger charge is -2.37. The molecule has 3 aromatic rings. The molecule has 0 aromatic carbocycles. The molecule has 100 heavy (non-hydrogen) atoms. The highest BCUT2D eigenvalue weighted by atomic mass is 19.4. The van der Waals surface area contributed by atoms with Crippen molar-refractivity contribution >= 4 is 35.5 Å². The Morgan fingerprint density at radius 3 is 1.41 bits per heavy atom. The molecule has 39 heteroatoms. The van der Waals surface area contributed by atoms with Crippen LogP contribution < -0.4 is 31.9 Å². The van der Waals surface area contributed by atoms with Crippen molar-refractivity contribution in [3.8, 4) is 0 Å². The molecule has 4 amide bonds. The quantitative estimate of drug-likeness (QED) is 0.0258. The lowest BCUT2D eigenvalue weighted by molar-refractivity contribution is -0.161. The minimum absolute atomic E-state index is 0.00266. The SMILES string of the molecule is CCNC(=O)CCCc1cn(CCCCCC(=O)NC(COCCC(=O)NCCOCCOCCOCCOC[C@H]2OC[C@H](Nc3nccc(C(F)(F)F)n3)[C@@H](O)[C@H]2O)COCCC(=O)NCCOCCOCCOCCOC[C@H]2OC[C@H](Nc3nccc(C(F)(F)F)n3)[C@@H](O)[C@H]2O)nn1. The van der Waals surface area contributed by atoms with Crippen LogP contribution in [0.2, 0.25) is 0 Å². The highest BCUT2D eigenvalue weighted by Crippen LogP contribution is 2.30. The highest BCUT2D eigenvalue weighted by Gasteiger charge is 2.41. The van der Waals surface area contributed by atoms with Crippen LogP contribution in [0.4, 0.5) is 38.2 Å². The van der Waals surface area contributed by atoms with Crippen molar-refractivity contribution in [1.82, 2.24) is 56.2 Å². The summed E-state index contributed by atoms with van der Waals surface area (Å²) in [6, 6.07) is -1.10. The number of alkyl halides is 6. The van der Waals surface area contributed by atoms with E-state index in [1.165, 1.54) is 0 Å². The smallest absolute Gasteiger partial charge is 0.388 e. The summed E-state index contributed by atoms with van der Waals surface area (Å²) in [5, 5.41) is 66.8. The number of nitrogens with zero attached hydrogens (tertiary/aromatic N) is 7. The number of aryl methyl sites for hydroxylation is 2. The van der Waals surface area contributed by atoms with Gasteiger partial charge >= 0.3 is 12.4 Å². The fourth-order valence-corrected chi connectivity index (χ4v) is 9.46. The predicted octanol–water partition coefficient (Wildman–Crippen LogP) is -0.219. The summed E-state index contributed by atoms with van der Waals surface area (Å²) in [6.45, 7) is 6.49. The Bertz CT molecular complexity index is 2610. The van der Waals surface area contributed by atoms with Gasteiger partial charge in [-0.25, -0.2) is 19.9 Å². The molecular formula is C61H97F6N13O20. The van der Waals surface area contributed by atoms with Crippen molar-refractivity contribution in [2.45, 2.75) is 138 Å². The molecule has 2 aliphatic heterocycles. The molecule has 5 heterocycles. The molecule has 33 nitrogen and oxygen atoms in total. The average Bonchev–Trinajstić information content (AvgIpc) is 1.01. The van der Waals surface area contributed by atoms with Gasteiger partial charge in [0.05, 0.1) is 169 Å². The molecule has 10 N–H and O–H groups in total. The zero-order valence-corrected chi connectivity index (χ0v) is 56.1. The van der Waals surface area contributed by atoms with E-state index in [4.69, 9.17) is 56.8 Å². The summed E-state index contributed by atoms with van der Waals surface area (Å²) in [6.07, 6.45) is -8.89. The minimum Gasteiger partial charge on any atom is -0.388 e. The van der Waals surface area contributed by atoms with Crippen LogP contribution >= 0.6 is 0 Å². The van der Waals surface area contributed by atoms with E-state index in [1.54, 1.807) is 4.68 Å². The summed E-state index contributed by atoms with van der Waals surface area (Å²) in [7, 11) is 0. The Labute approximate surface area is 574 Å². The topological polar surface area (TPSA) is 414 Å². The number of aliphatic hydroxyl groups excluding tert-OH is 4. The molecule has 0 aliphatic carbocycles. The summed E-state index contributed by atoms with van der Waals surface area (Å²) in [5.74, 6) is -1.51. The van der Waals surface area contributed by atoms with E-state index >= 15 is 0 Å². The van der Waals surface area contributed by atoms with Gasteiger partial charge in [0.15, 0.2) is 0 Å². The third-order valence-corrected chi connectivity index (χ3v) is 14.8. The molecule has 0 unspecified atom stereocenters. The van der Waals surface area contributed by atoms with Gasteiger partial charge in [0.2, 0.25) is 35.5 Å². The van der Waals surface area contributed by atoms with Crippen LogP contribution in [0.5, 0.6) is 0 Å². The lowest BCUT2D eigenvalue weighted by Crippen LogP contribution is -2.57. The van der Waals surface area contributed by atoms with Crippen molar-refractivity contribution in [3.05, 3.63) is 47.8 Å². The van der Waals surface area contributed by atoms with Gasteiger partial charge in [-0.15, -0.1) is 5.10 Å². The molecule has 568 valence electrons. The van der Waals surface area contributed by atoms with Gasteiger partial charge in [-0.1, -0.05) is 11.6 Å². The van der Waals surface area contributed by atoms with Crippen LogP contribution in [0.1, 0.15) is 75.4 Å². The lowest BCUT2D eigenvalue weighted by atomic mass is 9.98. The fourth-order valence-electron chi connectivity index (χ4n) is 9.46. The van der Waals surface area contributed by atoms with Crippen LogP contribution in [0, 0.1) is 0 Å². The second-order valence-electron chi connectivity index (χ2n) is 22.8. The average molecular weight is 1450 g/mol. The first kappa shape index (κ1) is 84.4. The number of ether oxygens (including phenoxy) is 12. The van der Waals surface area contributed by atoms with E-state index in [0.717, 1.165) is 30.9 Å². The van der Waals surface area contributed by atoms with Crippen molar-refractivity contribution in [1.29, 1.82) is 0 Å². The normalized spacial score (nSPS) is 19.6. The van der Waals surface area contributed by atoms with Crippen LogP contribution in [0.15, 0.2) is 30.7 Å². The Hall–Kier alpha value is -6.28. The Morgan fingerprint density at radius 2 is 0.960 bits per heavy atom. The van der Waals surface area contributed by atoms with Crippen LogP contribution in [0.25, 0.3) is 0 Å². The molecule has 0 spiro atoms. The molecule has 0 bridgehead atoms. The number of hydrogen-bond acceptors (Lipinski definition) is 28. The minimum atomic E-state index is -4.68. The molecule has 8 atom stereocenters. The first-order chi connectivity index (χ1) is 48.2. The number of amides is 4. The van der Waals surface area contributed by atoms with Gasteiger partial charge < -0.3 is 109 Å². The molecule has 0 radical (unpaired) electrons. The molecule has 3 aromatic heterocycles. The van der Waals surface area contributed by atoms with Crippen molar-refractivity contribution in [3.63, 3.8) is 0 Å². The van der Waals surface area contributed by atoms with Crippen LogP contribution in [-0.2, 0) is 101 Å². The third-order valence-electron chi connectivity index (χ3n) is 14.8. The number of aliphatic hydroxyl groups is 4. The van der Waals surface area contributed by atoms with E-state index in [-0.39, 0.29) is 213 Å². The number of anilines is 2. The van der Waals surface area contributed by atoms with Gasteiger partial charge in [-0.05, 0) is 44.7 Å². The predicted molar refractivity (Wildman–Crippen MR) is 338 cm³/mol. The van der Waals surface area contributed by atoms with E-state index in [1.807, 2.05) is 13.1 Å². The Kier molecular flexibility index (Phi) is 41.0. The number of carbonyl (C=O) groups excluding carboxylic acids is 4. The molecule has 0 saturated carbocycles. The number of rotatable bonds is 54. The zero-order valence-electron chi connectivity index (χ0n) is 56.1. The first-order valence-electron chi connectivity index (χ1n) is 33.2. The summed E-state index contributed by atoms with van der Waals surface area (Å²) in [4.78, 5) is 64.2. The maximum Gasteiger partial charge on any atom is 0.433 e. The number of aromatic nitrogens is 7. The van der Waals surface area contributed by atoms with Crippen molar-refractivity contribution in [2.75, 3.05) is 176 Å². The van der Waals surface area contributed by atoms with E-state index in [2.05, 4.69) is 62.1 Å². The summed E-state index contributed by atoms with van der Waals surface area (Å²) in [5.41, 5.74) is -1.52. The third kappa shape index (κ3) is 35.5. The van der Waals surface area contributed by atoms with E-state index in [9.17, 15) is 65.9 Å². The van der Waals surface area contributed by atoms with Crippen LogP contribution in [-0.4, -0.2) is 299 Å². The second kappa shape index (κ2) is 48.6. The highest BCUT2D eigenvalue weighted by molar-refractivity contribution is 5.77. The van der Waals surface area contributed by atoms with Crippen LogP contribution in [0.3, 0.4) is 0 Å². The second-order valence-corrected chi connectivity index (χ2v) is 22.8. The maximum absolute atomic E-state index is 13.1. The number of halogens is 6. The molecule has 2 aliphatic rings. The monoisotopic (exact) mass is 1450 g/mol. The first-order valence-corrected chi connectivity index (χ1v) is 33.2. The van der Waals surface area contributed by atoms with Gasteiger partial charge in [0, 0.05) is 70.5 Å². The van der Waals surface area contributed by atoms with E-state index in [0.29, 0.717) is 50.9 Å². The maximum atomic E-state index is 13.1. The van der Waals surface area contributed by atoms with Crippen molar-refractivity contribution in [2.24, 2.45) is 0 Å². The summed E-state index contributed by atoms with van der Waals surface area (Å²) >= 11 is 0. The molecule has 2 saturated heterocycles. The Morgan fingerprint density at radius 1 is 0.530 bits per heavy atom. The number of hydrogen-bond donors (Lipinski definition) is 10. The summed E-state index contributed by atoms with van der Waals surface area (Å²) < 4.78 is 147. The molecule has 2 fully saturated rings.